The summed E-state index contributed by atoms with van der Waals surface area (Å²) < 4.78 is 0. The Labute approximate surface area is 83.5 Å². The highest BCUT2D eigenvalue weighted by molar-refractivity contribution is 7.12. The van der Waals surface area contributed by atoms with E-state index in [1.165, 1.54) is 11.3 Å². The highest BCUT2D eigenvalue weighted by Crippen LogP contribution is 2.38. The number of thiophene rings is 1. The molecule has 3 N–H and O–H groups in total. The molecular formula is C7H7ClN2O2S. The fraction of sp³-hybridized carbons (Fsp3) is 0.286. The quantitative estimate of drug-likeness (QED) is 0.453. The van der Waals surface area contributed by atoms with E-state index in [4.69, 9.17) is 11.6 Å². The molecule has 0 saturated carbocycles. The molecule has 1 aromatic rings. The maximum atomic E-state index is 9.46. The summed E-state index contributed by atoms with van der Waals surface area (Å²) in [5.74, 6) is -2.18. The average molecular weight is 219 g/mol. The fourth-order valence-corrected chi connectivity index (χ4v) is 2.30. The number of amidine groups is 1. The number of aryl methyl sites for hydroxylation is 1. The van der Waals surface area contributed by atoms with Gasteiger partial charge in [0, 0.05) is 4.88 Å². The van der Waals surface area contributed by atoms with Crippen LogP contribution in [0.25, 0.3) is 0 Å². The molecule has 4 nitrogen and oxygen atoms in total. The number of halogens is 1. The van der Waals surface area contributed by atoms with E-state index in [0.717, 1.165) is 4.88 Å². The molecule has 1 aliphatic heterocycles. The minimum absolute atomic E-state index is 0.0182. The van der Waals surface area contributed by atoms with E-state index in [2.05, 4.69) is 10.3 Å². The maximum absolute atomic E-state index is 9.46. The van der Waals surface area contributed by atoms with E-state index < -0.39 is 5.91 Å². The van der Waals surface area contributed by atoms with Gasteiger partial charge in [-0.1, -0.05) is 0 Å². The molecule has 0 aliphatic carbocycles. The minimum atomic E-state index is -2.18. The number of hydrogen-bond donors (Lipinski definition) is 3. The standard InChI is InChI=1S/C7H7ClN2O2S/c1-3-2-4-5(13-3)7(11,12)10-6(8)9-4/h2,11-12H,1H3,(H,9,10). The number of aliphatic hydroxyl groups is 2. The Morgan fingerprint density at radius 1 is 1.62 bits per heavy atom. The summed E-state index contributed by atoms with van der Waals surface area (Å²) in [6, 6.07) is 1.79. The SMILES string of the molecule is Cc1cc2c(s1)C(O)(O)N=C(Cl)N2. The second-order valence-corrected chi connectivity index (χ2v) is 4.38. The largest absolute Gasteiger partial charge is 0.343 e. The van der Waals surface area contributed by atoms with Crippen LogP contribution in [-0.2, 0) is 5.91 Å². The number of anilines is 1. The van der Waals surface area contributed by atoms with Gasteiger partial charge in [-0.15, -0.1) is 11.3 Å². The van der Waals surface area contributed by atoms with Gasteiger partial charge < -0.3 is 15.5 Å². The predicted octanol–water partition coefficient (Wildman–Crippen LogP) is 1.17. The van der Waals surface area contributed by atoms with Crippen LogP contribution in [0.4, 0.5) is 5.69 Å². The van der Waals surface area contributed by atoms with Crippen LogP contribution in [0.1, 0.15) is 9.75 Å². The van der Waals surface area contributed by atoms with Gasteiger partial charge >= 0.3 is 5.91 Å². The molecule has 0 atom stereocenters. The number of rotatable bonds is 0. The molecule has 2 heterocycles. The Morgan fingerprint density at radius 2 is 2.31 bits per heavy atom. The first-order chi connectivity index (χ1) is 5.99. The lowest BCUT2D eigenvalue weighted by Crippen LogP contribution is -2.29. The van der Waals surface area contributed by atoms with E-state index >= 15 is 0 Å². The second-order valence-electron chi connectivity index (χ2n) is 2.76. The van der Waals surface area contributed by atoms with Crippen LogP contribution in [0.2, 0.25) is 0 Å². The van der Waals surface area contributed by atoms with Crippen LogP contribution < -0.4 is 5.32 Å². The lowest BCUT2D eigenvalue weighted by atomic mass is 10.3. The third kappa shape index (κ3) is 1.44. The molecule has 0 saturated heterocycles. The van der Waals surface area contributed by atoms with Gasteiger partial charge in [-0.05, 0) is 24.6 Å². The number of aliphatic imine (C=N–C) groups is 1. The lowest BCUT2D eigenvalue weighted by Gasteiger charge is -2.22. The molecule has 70 valence electrons. The molecule has 1 aromatic heterocycles. The van der Waals surface area contributed by atoms with Crippen molar-refractivity contribution >= 4 is 33.9 Å². The summed E-state index contributed by atoms with van der Waals surface area (Å²) in [6.07, 6.45) is 0. The summed E-state index contributed by atoms with van der Waals surface area (Å²) >= 11 is 6.83. The third-order valence-electron chi connectivity index (χ3n) is 1.65. The van der Waals surface area contributed by atoms with Gasteiger partial charge in [-0.25, -0.2) is 0 Å². The molecule has 0 bridgehead atoms. The summed E-state index contributed by atoms with van der Waals surface area (Å²) in [5, 5.41) is 21.7. The topological polar surface area (TPSA) is 64.8 Å². The molecule has 0 spiro atoms. The van der Waals surface area contributed by atoms with Crippen LogP contribution in [0.5, 0.6) is 0 Å². The summed E-state index contributed by atoms with van der Waals surface area (Å²) in [6.45, 7) is 1.87. The van der Waals surface area contributed by atoms with E-state index in [1.807, 2.05) is 6.92 Å². The highest BCUT2D eigenvalue weighted by Gasteiger charge is 2.34. The van der Waals surface area contributed by atoms with Crippen molar-refractivity contribution in [1.29, 1.82) is 0 Å². The molecule has 6 heteroatoms. The van der Waals surface area contributed by atoms with Crippen molar-refractivity contribution in [1.82, 2.24) is 0 Å². The van der Waals surface area contributed by atoms with Crippen LogP contribution in [0, 0.1) is 6.92 Å². The molecule has 2 rings (SSSR count). The highest BCUT2D eigenvalue weighted by atomic mass is 35.5. The Bertz CT molecular complexity index is 386. The molecule has 0 aromatic carbocycles. The molecular weight excluding hydrogens is 212 g/mol. The first-order valence-electron chi connectivity index (χ1n) is 3.57. The monoisotopic (exact) mass is 218 g/mol. The van der Waals surface area contributed by atoms with E-state index in [-0.39, 0.29) is 5.29 Å². The van der Waals surface area contributed by atoms with Gasteiger partial charge in [0.25, 0.3) is 0 Å². The van der Waals surface area contributed by atoms with E-state index in [1.54, 1.807) is 6.07 Å². The molecule has 0 amide bonds. The van der Waals surface area contributed by atoms with Crippen molar-refractivity contribution in [3.05, 3.63) is 15.8 Å². The molecule has 0 fully saturated rings. The number of nitrogens with one attached hydrogen (secondary N) is 1. The normalized spacial score (nSPS) is 18.9. The van der Waals surface area contributed by atoms with Gasteiger partial charge in [0.1, 0.15) is 4.88 Å². The van der Waals surface area contributed by atoms with Crippen LogP contribution >= 0.6 is 22.9 Å². The van der Waals surface area contributed by atoms with Gasteiger partial charge in [-0.2, -0.15) is 4.99 Å². The van der Waals surface area contributed by atoms with Gasteiger partial charge in [0.05, 0.1) is 5.69 Å². The Balaban J connectivity index is 2.57. The second kappa shape index (κ2) is 2.68. The summed E-state index contributed by atoms with van der Waals surface area (Å²) in [5.41, 5.74) is 0.604. The first kappa shape index (κ1) is 8.96. The van der Waals surface area contributed by atoms with Crippen molar-refractivity contribution in [2.45, 2.75) is 12.8 Å². The van der Waals surface area contributed by atoms with Crippen molar-refractivity contribution in [3.8, 4) is 0 Å². The number of hydrogen-bond acceptors (Lipinski definition) is 5. The summed E-state index contributed by atoms with van der Waals surface area (Å²) in [4.78, 5) is 4.80. The van der Waals surface area contributed by atoms with Gasteiger partial charge in [-0.3, -0.25) is 0 Å². The summed E-state index contributed by atoms with van der Waals surface area (Å²) in [7, 11) is 0. The first-order valence-corrected chi connectivity index (χ1v) is 4.76. The lowest BCUT2D eigenvalue weighted by molar-refractivity contribution is -0.158. The zero-order valence-corrected chi connectivity index (χ0v) is 8.28. The Morgan fingerprint density at radius 3 is 3.00 bits per heavy atom. The third-order valence-corrected chi connectivity index (χ3v) is 2.97. The van der Waals surface area contributed by atoms with Crippen molar-refractivity contribution < 1.29 is 10.2 Å². The van der Waals surface area contributed by atoms with Crippen LogP contribution in [0.15, 0.2) is 11.1 Å². The van der Waals surface area contributed by atoms with Crippen molar-refractivity contribution in [2.24, 2.45) is 4.99 Å². The predicted molar refractivity (Wildman–Crippen MR) is 52.1 cm³/mol. The maximum Gasteiger partial charge on any atom is 0.307 e. The van der Waals surface area contributed by atoms with E-state index in [9.17, 15) is 10.2 Å². The molecule has 1 aliphatic rings. The zero-order chi connectivity index (χ0) is 9.64. The van der Waals surface area contributed by atoms with Gasteiger partial charge in [0.2, 0.25) is 5.29 Å². The molecule has 13 heavy (non-hydrogen) atoms. The molecule has 0 radical (unpaired) electrons. The van der Waals surface area contributed by atoms with Gasteiger partial charge in [0.15, 0.2) is 0 Å². The average Bonchev–Trinajstić information content (AvgIpc) is 2.28. The fourth-order valence-electron chi connectivity index (χ4n) is 1.18. The smallest absolute Gasteiger partial charge is 0.307 e. The Hall–Kier alpha value is -0.620. The van der Waals surface area contributed by atoms with E-state index in [0.29, 0.717) is 10.6 Å². The van der Waals surface area contributed by atoms with Crippen molar-refractivity contribution in [2.75, 3.05) is 5.32 Å². The molecule has 0 unspecified atom stereocenters. The van der Waals surface area contributed by atoms with Crippen LogP contribution in [0.3, 0.4) is 0 Å². The zero-order valence-electron chi connectivity index (χ0n) is 6.71. The number of fused-ring (bicyclic) bond motifs is 1. The minimum Gasteiger partial charge on any atom is -0.343 e. The number of nitrogens with zero attached hydrogens (tertiary/aromatic N) is 1. The van der Waals surface area contributed by atoms with Crippen LogP contribution in [-0.4, -0.2) is 15.5 Å². The van der Waals surface area contributed by atoms with Crippen molar-refractivity contribution in [3.63, 3.8) is 0 Å². The Kier molecular flexibility index (Phi) is 1.85.